The molecule has 0 aliphatic heterocycles. The molecule has 0 saturated carbocycles. The molecule has 7 heteroatoms. The van der Waals surface area contributed by atoms with Crippen LogP contribution in [0.5, 0.6) is 0 Å². The summed E-state index contributed by atoms with van der Waals surface area (Å²) in [5.74, 6) is 0.199. The van der Waals surface area contributed by atoms with Gasteiger partial charge in [0.1, 0.15) is 13.1 Å². The van der Waals surface area contributed by atoms with Gasteiger partial charge < -0.3 is 44.2 Å². The number of carbonyl (C=O) groups is 1. The van der Waals surface area contributed by atoms with Gasteiger partial charge in [0.2, 0.25) is 5.91 Å². The monoisotopic (exact) mass is 555 g/mol. The molecule has 36 heavy (non-hydrogen) atoms. The van der Waals surface area contributed by atoms with Crippen LogP contribution in [0.15, 0.2) is 0 Å². The first-order valence-corrected chi connectivity index (χ1v) is 14.6. The first kappa shape index (κ1) is 40.4. The van der Waals surface area contributed by atoms with E-state index < -0.39 is 0 Å². The molecular weight excluding hydrogens is 493 g/mol. The molecule has 0 bridgehead atoms. The average Bonchev–Trinajstić information content (AvgIpc) is 2.72. The van der Waals surface area contributed by atoms with Crippen molar-refractivity contribution >= 4 is 5.91 Å². The van der Waals surface area contributed by atoms with E-state index in [0.29, 0.717) is 6.42 Å². The zero-order valence-corrected chi connectivity index (χ0v) is 26.4. The van der Waals surface area contributed by atoms with Gasteiger partial charge in [-0.1, -0.05) is 96.8 Å². The molecule has 0 aromatic rings. The summed E-state index contributed by atoms with van der Waals surface area (Å²) in [6.07, 6.45) is 21.6. The number of hydrogen-bond donors (Lipinski definition) is 2. The Bertz CT molecular complexity index is 486. The van der Waals surface area contributed by atoms with E-state index in [1.807, 2.05) is 0 Å². The van der Waals surface area contributed by atoms with Gasteiger partial charge >= 0.3 is 0 Å². The van der Waals surface area contributed by atoms with E-state index in [0.717, 1.165) is 48.0 Å². The van der Waals surface area contributed by atoms with Crippen LogP contribution in [-0.4, -0.2) is 87.5 Å². The predicted molar refractivity (Wildman–Crippen MR) is 148 cm³/mol. The fourth-order valence-electron chi connectivity index (χ4n) is 4.83. The molecule has 5 nitrogen and oxygen atoms in total. The van der Waals surface area contributed by atoms with Gasteiger partial charge in [0.25, 0.3) is 0 Å². The molecule has 0 heterocycles. The first-order valence-electron chi connectivity index (χ1n) is 14.6. The lowest BCUT2D eigenvalue weighted by molar-refractivity contribution is -0.907. The Kier molecular flexibility index (Phi) is 28.3. The summed E-state index contributed by atoms with van der Waals surface area (Å²) in [4.78, 5) is 12.1. The number of quaternary nitrogens is 2. The third-order valence-corrected chi connectivity index (χ3v) is 6.73. The van der Waals surface area contributed by atoms with Crippen LogP contribution in [0.1, 0.15) is 116 Å². The largest absolute Gasteiger partial charge is 1.00 e. The third kappa shape index (κ3) is 30.2. The molecule has 0 rings (SSSR count). The van der Waals surface area contributed by atoms with E-state index >= 15 is 0 Å². The molecule has 0 aromatic carbocycles. The minimum atomic E-state index is -0.297. The van der Waals surface area contributed by atoms with E-state index in [1.165, 1.54) is 89.9 Å². The topological polar surface area (TPSA) is 49.3 Å². The van der Waals surface area contributed by atoms with Crippen LogP contribution < -0.4 is 30.1 Å². The fraction of sp³-hybridized carbons (Fsp3) is 0.966. The number of aliphatic hydroxyl groups is 1. The fourth-order valence-corrected chi connectivity index (χ4v) is 4.83. The molecule has 1 unspecified atom stereocenters. The lowest BCUT2D eigenvalue weighted by Gasteiger charge is -2.34. The van der Waals surface area contributed by atoms with Gasteiger partial charge in [0, 0.05) is 19.4 Å². The third-order valence-electron chi connectivity index (χ3n) is 6.73. The molecule has 220 valence electrons. The number of amides is 1. The molecule has 0 aliphatic carbocycles. The van der Waals surface area contributed by atoms with Crippen molar-refractivity contribution in [2.24, 2.45) is 0 Å². The second kappa shape index (κ2) is 25.2. The summed E-state index contributed by atoms with van der Waals surface area (Å²) in [5.41, 5.74) is 0. The summed E-state index contributed by atoms with van der Waals surface area (Å²) in [7, 11) is 10.7. The quantitative estimate of drug-likeness (QED) is 0.129. The Labute approximate surface area is 238 Å². The number of halogens is 2. The molecule has 0 radical (unpaired) electrons. The number of hydrogen-bond acceptors (Lipinski definition) is 2. The van der Waals surface area contributed by atoms with E-state index in [1.54, 1.807) is 0 Å². The minimum absolute atomic E-state index is 0. The van der Waals surface area contributed by atoms with Crippen molar-refractivity contribution in [2.45, 2.75) is 122 Å². The van der Waals surface area contributed by atoms with Crippen molar-refractivity contribution in [3.8, 4) is 0 Å². The van der Waals surface area contributed by atoms with Gasteiger partial charge in [-0.25, -0.2) is 0 Å². The standard InChI is InChI=1S/C29H62N3O2.2ClH/c1-7-8-9-10-11-12-13-14-15-16-17-18-19-20-21-23-29(34)30-24-22-25-32(5,6)27-28(33)26-31(2,3)4;;/h28,33H,7-27H2,1-6H3;2*1H/q+1;;/p-1. The lowest BCUT2D eigenvalue weighted by atomic mass is 10.0. The highest BCUT2D eigenvalue weighted by Gasteiger charge is 2.24. The number of nitrogens with one attached hydrogen (secondary N) is 1. The predicted octanol–water partition coefficient (Wildman–Crippen LogP) is -0.0943. The van der Waals surface area contributed by atoms with E-state index in [2.05, 4.69) is 47.5 Å². The van der Waals surface area contributed by atoms with Crippen LogP contribution in [0.25, 0.3) is 0 Å². The van der Waals surface area contributed by atoms with Gasteiger partial charge in [0.15, 0.2) is 6.10 Å². The molecular formula is C29H63Cl2N3O2. The van der Waals surface area contributed by atoms with Crippen LogP contribution in [-0.2, 0) is 4.79 Å². The molecule has 0 aromatic heterocycles. The number of unbranched alkanes of at least 4 members (excludes halogenated alkanes) is 14. The molecule has 0 fully saturated rings. The van der Waals surface area contributed by atoms with Gasteiger partial charge in [-0.15, -0.1) is 0 Å². The highest BCUT2D eigenvalue weighted by Crippen LogP contribution is 2.13. The van der Waals surface area contributed by atoms with Crippen LogP contribution in [0.2, 0.25) is 0 Å². The molecule has 0 saturated heterocycles. The average molecular weight is 557 g/mol. The zero-order valence-electron chi connectivity index (χ0n) is 24.9. The Hall–Kier alpha value is -0.0700. The zero-order chi connectivity index (χ0) is 25.7. The van der Waals surface area contributed by atoms with Gasteiger partial charge in [-0.05, 0) is 6.42 Å². The maximum atomic E-state index is 12.1. The summed E-state index contributed by atoms with van der Waals surface area (Å²) in [5, 5.41) is 13.4. The van der Waals surface area contributed by atoms with Gasteiger partial charge in [0.05, 0.1) is 41.8 Å². The Morgan fingerprint density at radius 1 is 0.667 bits per heavy atom. The molecule has 0 spiro atoms. The highest BCUT2D eigenvalue weighted by molar-refractivity contribution is 5.75. The van der Waals surface area contributed by atoms with Crippen LogP contribution >= 0.6 is 0 Å². The van der Waals surface area contributed by atoms with E-state index in [4.69, 9.17) is 0 Å². The number of rotatable bonds is 24. The molecule has 1 amide bonds. The van der Waals surface area contributed by atoms with Gasteiger partial charge in [-0.2, -0.15) is 0 Å². The second-order valence-corrected chi connectivity index (χ2v) is 12.4. The van der Waals surface area contributed by atoms with Crippen LogP contribution in [0, 0.1) is 0 Å². The number of aliphatic hydroxyl groups excluding tert-OH is 1. The smallest absolute Gasteiger partial charge is 0.219 e. The normalized spacial score (nSPS) is 12.5. The summed E-state index contributed by atoms with van der Waals surface area (Å²) in [6, 6.07) is 0. The number of carbonyl (C=O) groups excluding carboxylic acids is 1. The first-order chi connectivity index (χ1) is 16.1. The van der Waals surface area contributed by atoms with Crippen molar-refractivity contribution in [3.05, 3.63) is 0 Å². The van der Waals surface area contributed by atoms with Crippen molar-refractivity contribution in [1.82, 2.24) is 5.32 Å². The summed E-state index contributed by atoms with van der Waals surface area (Å²) < 4.78 is 1.56. The molecule has 1 atom stereocenters. The molecule has 0 aliphatic rings. The maximum Gasteiger partial charge on any atom is 0.219 e. The van der Waals surface area contributed by atoms with Crippen molar-refractivity contribution < 1.29 is 43.7 Å². The maximum absolute atomic E-state index is 12.1. The summed E-state index contributed by atoms with van der Waals surface area (Å²) >= 11 is 0. The highest BCUT2D eigenvalue weighted by atomic mass is 35.5. The Morgan fingerprint density at radius 2 is 1.08 bits per heavy atom. The Morgan fingerprint density at radius 3 is 1.50 bits per heavy atom. The summed E-state index contributed by atoms with van der Waals surface area (Å²) in [6.45, 7) is 5.50. The number of likely N-dealkylation sites (N-methyl/N-ethyl adjacent to an activating group) is 2. The van der Waals surface area contributed by atoms with E-state index in [9.17, 15) is 9.90 Å². The minimum Gasteiger partial charge on any atom is -1.00 e. The van der Waals surface area contributed by atoms with Crippen LogP contribution in [0.3, 0.4) is 0 Å². The van der Waals surface area contributed by atoms with Crippen LogP contribution in [0.4, 0.5) is 0 Å². The van der Waals surface area contributed by atoms with Crippen molar-refractivity contribution in [2.75, 3.05) is 61.4 Å². The number of nitrogens with zero attached hydrogens (tertiary/aromatic N) is 2. The van der Waals surface area contributed by atoms with Crippen molar-refractivity contribution in [3.63, 3.8) is 0 Å². The Balaban J connectivity index is -0.00000544. The lowest BCUT2D eigenvalue weighted by Crippen LogP contribution is -3.00. The second-order valence-electron chi connectivity index (χ2n) is 12.4. The molecule has 2 N–H and O–H groups in total. The van der Waals surface area contributed by atoms with Crippen molar-refractivity contribution in [1.29, 1.82) is 0 Å². The van der Waals surface area contributed by atoms with Gasteiger partial charge in [-0.3, -0.25) is 4.79 Å². The van der Waals surface area contributed by atoms with E-state index in [-0.39, 0.29) is 36.8 Å². The SMILES string of the molecule is CCCCCCCCCCCCCCCCCC(=O)NCCC[N+](C)(C)CC(O)C[N+](C)(C)C.[Cl-].[Cl-].